The fourth-order valence-corrected chi connectivity index (χ4v) is 5.12. The molecule has 0 aliphatic heterocycles. The first-order valence-electron chi connectivity index (χ1n) is 7.35. The van der Waals surface area contributed by atoms with Crippen LogP contribution in [0.5, 0.6) is 0 Å². The molecule has 4 nitrogen and oxygen atoms in total. The van der Waals surface area contributed by atoms with E-state index in [-0.39, 0.29) is 5.97 Å². The van der Waals surface area contributed by atoms with Gasteiger partial charge in [-0.05, 0) is 34.1 Å². The third-order valence-corrected chi connectivity index (χ3v) is 5.61. The van der Waals surface area contributed by atoms with Crippen molar-refractivity contribution in [2.75, 3.05) is 6.61 Å². The van der Waals surface area contributed by atoms with Gasteiger partial charge in [0.2, 0.25) is 0 Å². The standard InChI is InChI=1S/C15H26O4S3/c1-6-7-8-9-10-19-12(18)15(4,5)22-13(20)21-14(2,3)11(16)17/h6-10H2,1-5H3,(H,16,17). The second-order valence-electron chi connectivity index (χ2n) is 5.98. The summed E-state index contributed by atoms with van der Waals surface area (Å²) in [6.07, 6.45) is 4.20. The minimum Gasteiger partial charge on any atom is -0.480 e. The van der Waals surface area contributed by atoms with Gasteiger partial charge in [0.25, 0.3) is 0 Å². The molecule has 0 saturated heterocycles. The van der Waals surface area contributed by atoms with Gasteiger partial charge in [-0.15, -0.1) is 0 Å². The van der Waals surface area contributed by atoms with Crippen molar-refractivity contribution in [1.82, 2.24) is 0 Å². The highest BCUT2D eigenvalue weighted by atomic mass is 32.2. The lowest BCUT2D eigenvalue weighted by molar-refractivity contribution is -0.145. The molecule has 0 spiro atoms. The number of ether oxygens (including phenoxy) is 1. The van der Waals surface area contributed by atoms with Gasteiger partial charge in [-0.1, -0.05) is 61.9 Å². The summed E-state index contributed by atoms with van der Waals surface area (Å²) in [5, 5.41) is 9.10. The first-order chi connectivity index (χ1) is 10.0. The zero-order valence-electron chi connectivity index (χ0n) is 13.9. The molecule has 0 rings (SSSR count). The van der Waals surface area contributed by atoms with Crippen LogP contribution in [0.4, 0.5) is 0 Å². The van der Waals surface area contributed by atoms with Crippen LogP contribution in [0.15, 0.2) is 0 Å². The Morgan fingerprint density at radius 2 is 1.59 bits per heavy atom. The van der Waals surface area contributed by atoms with E-state index in [1.165, 1.54) is 11.8 Å². The Bertz CT molecular complexity index is 406. The first kappa shape index (κ1) is 21.7. The highest BCUT2D eigenvalue weighted by Gasteiger charge is 2.36. The van der Waals surface area contributed by atoms with E-state index < -0.39 is 15.5 Å². The number of unbranched alkanes of at least 4 members (excludes halogenated alkanes) is 3. The number of carbonyl (C=O) groups is 2. The van der Waals surface area contributed by atoms with E-state index in [1.807, 2.05) is 0 Å². The molecular formula is C15H26O4S3. The fourth-order valence-electron chi connectivity index (χ4n) is 1.39. The number of carboxylic acid groups (broad SMARTS) is 1. The van der Waals surface area contributed by atoms with Gasteiger partial charge in [0.1, 0.15) is 13.0 Å². The minimum absolute atomic E-state index is 0.315. The van der Waals surface area contributed by atoms with Crippen LogP contribution in [0.1, 0.15) is 60.3 Å². The quantitative estimate of drug-likeness (QED) is 0.366. The third-order valence-electron chi connectivity index (χ3n) is 2.91. The largest absolute Gasteiger partial charge is 0.480 e. The van der Waals surface area contributed by atoms with E-state index in [9.17, 15) is 9.59 Å². The summed E-state index contributed by atoms with van der Waals surface area (Å²) in [5.41, 5.74) is 0. The van der Waals surface area contributed by atoms with E-state index in [0.29, 0.717) is 10.1 Å². The number of carbonyl (C=O) groups excluding carboxylic acids is 1. The normalized spacial score (nSPS) is 12.0. The molecule has 0 aromatic carbocycles. The van der Waals surface area contributed by atoms with Gasteiger partial charge in [0, 0.05) is 0 Å². The molecule has 128 valence electrons. The maximum Gasteiger partial charge on any atom is 0.322 e. The summed E-state index contributed by atoms with van der Waals surface area (Å²) >= 11 is 7.47. The topological polar surface area (TPSA) is 63.6 Å². The zero-order valence-corrected chi connectivity index (χ0v) is 16.4. The van der Waals surface area contributed by atoms with E-state index in [0.717, 1.165) is 37.4 Å². The number of carboxylic acids is 1. The Balaban J connectivity index is 4.34. The molecule has 0 aliphatic carbocycles. The van der Waals surface area contributed by atoms with Crippen molar-refractivity contribution in [3.05, 3.63) is 0 Å². The van der Waals surface area contributed by atoms with E-state index in [2.05, 4.69) is 6.92 Å². The van der Waals surface area contributed by atoms with Gasteiger partial charge in [-0.3, -0.25) is 9.59 Å². The third kappa shape index (κ3) is 8.39. The molecule has 0 heterocycles. The Morgan fingerprint density at radius 1 is 1.05 bits per heavy atom. The smallest absolute Gasteiger partial charge is 0.322 e. The van der Waals surface area contributed by atoms with Crippen molar-refractivity contribution < 1.29 is 19.4 Å². The number of thioether (sulfide) groups is 2. The second kappa shape index (κ2) is 9.78. The number of hydrogen-bond acceptors (Lipinski definition) is 6. The summed E-state index contributed by atoms with van der Waals surface area (Å²) in [6, 6.07) is 0. The van der Waals surface area contributed by atoms with Crippen LogP contribution >= 0.6 is 35.7 Å². The Labute approximate surface area is 147 Å². The number of hydrogen-bond donors (Lipinski definition) is 1. The Hall–Kier alpha value is -0.270. The SMILES string of the molecule is CCCCCCOC(=O)C(C)(C)SC(=S)SC(C)(C)C(=O)O. The van der Waals surface area contributed by atoms with Gasteiger partial charge in [0.15, 0.2) is 0 Å². The molecule has 0 aromatic rings. The van der Waals surface area contributed by atoms with Crippen molar-refractivity contribution in [2.24, 2.45) is 0 Å². The van der Waals surface area contributed by atoms with Crippen LogP contribution in [0, 0.1) is 0 Å². The van der Waals surface area contributed by atoms with E-state index in [1.54, 1.807) is 27.7 Å². The summed E-state index contributed by atoms with van der Waals surface area (Å²) in [4.78, 5) is 23.2. The van der Waals surface area contributed by atoms with Crippen LogP contribution < -0.4 is 0 Å². The van der Waals surface area contributed by atoms with Crippen molar-refractivity contribution >= 4 is 51.2 Å². The molecule has 0 unspecified atom stereocenters. The Kier molecular flexibility index (Phi) is 9.66. The molecular weight excluding hydrogens is 340 g/mol. The van der Waals surface area contributed by atoms with E-state index >= 15 is 0 Å². The fraction of sp³-hybridized carbons (Fsp3) is 0.800. The maximum atomic E-state index is 12.1. The van der Waals surface area contributed by atoms with Crippen LogP contribution in [-0.2, 0) is 14.3 Å². The molecule has 22 heavy (non-hydrogen) atoms. The average molecular weight is 367 g/mol. The number of rotatable bonds is 9. The predicted molar refractivity (Wildman–Crippen MR) is 98.7 cm³/mol. The maximum absolute atomic E-state index is 12.1. The van der Waals surface area contributed by atoms with Gasteiger partial charge in [-0.2, -0.15) is 0 Å². The Morgan fingerprint density at radius 3 is 2.09 bits per heavy atom. The summed E-state index contributed by atoms with van der Waals surface area (Å²) < 4.78 is 3.89. The minimum atomic E-state index is -1.01. The average Bonchev–Trinajstić information content (AvgIpc) is 2.36. The van der Waals surface area contributed by atoms with E-state index in [4.69, 9.17) is 22.1 Å². The van der Waals surface area contributed by atoms with Crippen molar-refractivity contribution in [3.8, 4) is 0 Å². The summed E-state index contributed by atoms with van der Waals surface area (Å²) in [7, 11) is 0. The lowest BCUT2D eigenvalue weighted by Crippen LogP contribution is -2.33. The lowest BCUT2D eigenvalue weighted by Gasteiger charge is -2.24. The zero-order chi connectivity index (χ0) is 17.4. The molecule has 0 saturated carbocycles. The first-order valence-corrected chi connectivity index (χ1v) is 9.39. The molecule has 0 amide bonds. The number of aliphatic carboxylic acids is 1. The van der Waals surface area contributed by atoms with Crippen LogP contribution in [0.2, 0.25) is 0 Å². The van der Waals surface area contributed by atoms with Gasteiger partial charge in [0.05, 0.1) is 6.61 Å². The molecule has 0 radical (unpaired) electrons. The second-order valence-corrected chi connectivity index (χ2v) is 10.4. The monoisotopic (exact) mass is 366 g/mol. The molecule has 0 aliphatic rings. The summed E-state index contributed by atoms with van der Waals surface area (Å²) in [5.74, 6) is -1.25. The van der Waals surface area contributed by atoms with Crippen LogP contribution in [0.25, 0.3) is 0 Å². The molecule has 7 heteroatoms. The molecule has 0 bridgehead atoms. The van der Waals surface area contributed by atoms with Gasteiger partial charge >= 0.3 is 11.9 Å². The lowest BCUT2D eigenvalue weighted by atomic mass is 10.2. The number of esters is 1. The van der Waals surface area contributed by atoms with Crippen LogP contribution in [-0.4, -0.2) is 36.7 Å². The predicted octanol–water partition coefficient (Wildman–Crippen LogP) is 4.50. The van der Waals surface area contributed by atoms with Crippen molar-refractivity contribution in [1.29, 1.82) is 0 Å². The summed E-state index contributed by atoms with van der Waals surface area (Å²) in [6.45, 7) is 9.21. The molecule has 1 N–H and O–H groups in total. The van der Waals surface area contributed by atoms with Gasteiger partial charge < -0.3 is 9.84 Å². The van der Waals surface area contributed by atoms with Crippen molar-refractivity contribution in [2.45, 2.75) is 69.8 Å². The number of thiocarbonyl (C=S) groups is 1. The van der Waals surface area contributed by atoms with Gasteiger partial charge in [-0.25, -0.2) is 0 Å². The molecule has 0 fully saturated rings. The molecule has 0 aromatic heterocycles. The highest BCUT2D eigenvalue weighted by Crippen LogP contribution is 2.37. The highest BCUT2D eigenvalue weighted by molar-refractivity contribution is 8.48. The molecule has 0 atom stereocenters. The van der Waals surface area contributed by atoms with Crippen LogP contribution in [0.3, 0.4) is 0 Å². The van der Waals surface area contributed by atoms with Crippen molar-refractivity contribution in [3.63, 3.8) is 0 Å².